The lowest BCUT2D eigenvalue weighted by Crippen LogP contribution is -2.30. The average molecular weight is 303 g/mol. The SMILES string of the molecule is CCOc1cncc(C(O)C2CSc3ccccc3O2)c1. The fourth-order valence-corrected chi connectivity index (χ4v) is 3.28. The number of pyridine rings is 1. The zero-order valence-corrected chi connectivity index (χ0v) is 12.5. The number of aliphatic hydroxyl groups is 1. The van der Waals surface area contributed by atoms with E-state index in [0.717, 1.165) is 10.6 Å². The van der Waals surface area contributed by atoms with Gasteiger partial charge in [0.1, 0.15) is 23.7 Å². The number of thioether (sulfide) groups is 1. The second-order valence-electron chi connectivity index (χ2n) is 4.75. The third kappa shape index (κ3) is 3.14. The molecule has 1 aromatic heterocycles. The van der Waals surface area contributed by atoms with E-state index < -0.39 is 6.10 Å². The number of hydrogen-bond donors (Lipinski definition) is 1. The lowest BCUT2D eigenvalue weighted by Gasteiger charge is -2.29. The highest BCUT2D eigenvalue weighted by Crippen LogP contribution is 2.38. The first-order valence-corrected chi connectivity index (χ1v) is 7.91. The summed E-state index contributed by atoms with van der Waals surface area (Å²) < 4.78 is 11.3. The molecule has 0 saturated heterocycles. The maximum absolute atomic E-state index is 10.5. The Morgan fingerprint density at radius 3 is 3.14 bits per heavy atom. The van der Waals surface area contributed by atoms with E-state index in [1.54, 1.807) is 24.2 Å². The molecular formula is C16H17NO3S. The lowest BCUT2D eigenvalue weighted by molar-refractivity contribution is 0.0453. The molecule has 1 N–H and O–H groups in total. The predicted octanol–water partition coefficient (Wildman–Crippen LogP) is 3.07. The monoisotopic (exact) mass is 303 g/mol. The summed E-state index contributed by atoms with van der Waals surface area (Å²) >= 11 is 1.70. The van der Waals surface area contributed by atoms with Gasteiger partial charge in [-0.25, -0.2) is 0 Å². The largest absolute Gasteiger partial charge is 0.492 e. The molecule has 110 valence electrons. The van der Waals surface area contributed by atoms with Crippen molar-refractivity contribution in [3.8, 4) is 11.5 Å². The second kappa shape index (κ2) is 6.37. The number of hydrogen-bond acceptors (Lipinski definition) is 5. The zero-order chi connectivity index (χ0) is 14.7. The molecule has 1 aliphatic rings. The molecule has 0 aliphatic carbocycles. The molecular weight excluding hydrogens is 286 g/mol. The van der Waals surface area contributed by atoms with Crippen molar-refractivity contribution < 1.29 is 14.6 Å². The standard InChI is InChI=1S/C16H17NO3S/c1-2-19-12-7-11(8-17-9-12)16(18)14-10-21-15-6-4-3-5-13(15)20-14/h3-9,14,16,18H,2,10H2,1H3. The maximum atomic E-state index is 10.5. The number of para-hydroxylation sites is 1. The van der Waals surface area contributed by atoms with Gasteiger partial charge in [0.2, 0.25) is 0 Å². The van der Waals surface area contributed by atoms with Crippen molar-refractivity contribution in [3.63, 3.8) is 0 Å². The van der Waals surface area contributed by atoms with Crippen molar-refractivity contribution >= 4 is 11.8 Å². The van der Waals surface area contributed by atoms with Crippen LogP contribution >= 0.6 is 11.8 Å². The Balaban J connectivity index is 1.77. The number of aliphatic hydroxyl groups excluding tert-OH is 1. The van der Waals surface area contributed by atoms with Crippen molar-refractivity contribution in [1.29, 1.82) is 0 Å². The topological polar surface area (TPSA) is 51.6 Å². The van der Waals surface area contributed by atoms with Gasteiger partial charge in [0.25, 0.3) is 0 Å². The highest BCUT2D eigenvalue weighted by Gasteiger charge is 2.28. The van der Waals surface area contributed by atoms with E-state index >= 15 is 0 Å². The molecule has 2 atom stereocenters. The smallest absolute Gasteiger partial charge is 0.138 e. The van der Waals surface area contributed by atoms with Gasteiger partial charge < -0.3 is 14.6 Å². The molecule has 2 aromatic rings. The van der Waals surface area contributed by atoms with Gasteiger partial charge in [-0.05, 0) is 25.1 Å². The van der Waals surface area contributed by atoms with Gasteiger partial charge in [-0.15, -0.1) is 11.8 Å². The summed E-state index contributed by atoms with van der Waals surface area (Å²) in [5.74, 6) is 2.20. The molecule has 0 radical (unpaired) electrons. The molecule has 0 fully saturated rings. The summed E-state index contributed by atoms with van der Waals surface area (Å²) in [4.78, 5) is 5.23. The van der Waals surface area contributed by atoms with Crippen molar-refractivity contribution in [1.82, 2.24) is 4.98 Å². The van der Waals surface area contributed by atoms with Crippen LogP contribution in [0.2, 0.25) is 0 Å². The van der Waals surface area contributed by atoms with E-state index in [2.05, 4.69) is 4.98 Å². The Kier molecular flexibility index (Phi) is 4.31. The molecule has 0 saturated carbocycles. The first kappa shape index (κ1) is 14.2. The van der Waals surface area contributed by atoms with Crippen LogP contribution in [0.4, 0.5) is 0 Å². The first-order chi connectivity index (χ1) is 10.3. The van der Waals surface area contributed by atoms with Crippen molar-refractivity contribution in [2.24, 2.45) is 0 Å². The molecule has 5 heteroatoms. The molecule has 0 amide bonds. The first-order valence-electron chi connectivity index (χ1n) is 6.92. The molecule has 1 aromatic carbocycles. The highest BCUT2D eigenvalue weighted by molar-refractivity contribution is 7.99. The number of rotatable bonds is 4. The Morgan fingerprint density at radius 1 is 1.43 bits per heavy atom. The van der Waals surface area contributed by atoms with Crippen LogP contribution in [0.1, 0.15) is 18.6 Å². The number of ether oxygens (including phenoxy) is 2. The third-order valence-electron chi connectivity index (χ3n) is 3.27. The molecule has 3 rings (SSSR count). The van der Waals surface area contributed by atoms with Crippen LogP contribution in [-0.4, -0.2) is 28.6 Å². The Labute approximate surface area is 128 Å². The summed E-state index contributed by atoms with van der Waals surface area (Å²) in [5, 5.41) is 10.5. The van der Waals surface area contributed by atoms with Crippen LogP contribution in [0.25, 0.3) is 0 Å². The number of fused-ring (bicyclic) bond motifs is 1. The Hall–Kier alpha value is -1.72. The van der Waals surface area contributed by atoms with E-state index in [0.29, 0.717) is 23.7 Å². The van der Waals surface area contributed by atoms with E-state index in [-0.39, 0.29) is 6.10 Å². The summed E-state index contributed by atoms with van der Waals surface area (Å²) in [5.41, 5.74) is 0.714. The van der Waals surface area contributed by atoms with Crippen molar-refractivity contribution in [2.75, 3.05) is 12.4 Å². The molecule has 0 spiro atoms. The van der Waals surface area contributed by atoms with Gasteiger partial charge in [0.15, 0.2) is 0 Å². The van der Waals surface area contributed by atoms with Crippen LogP contribution in [-0.2, 0) is 0 Å². The Bertz CT molecular complexity index is 620. The van der Waals surface area contributed by atoms with Crippen LogP contribution < -0.4 is 9.47 Å². The molecule has 4 nitrogen and oxygen atoms in total. The lowest BCUT2D eigenvalue weighted by atomic mass is 10.1. The van der Waals surface area contributed by atoms with Gasteiger partial charge in [0, 0.05) is 22.4 Å². The minimum Gasteiger partial charge on any atom is -0.492 e. The number of nitrogens with zero attached hydrogens (tertiary/aromatic N) is 1. The fourth-order valence-electron chi connectivity index (χ4n) is 2.25. The molecule has 2 unspecified atom stereocenters. The van der Waals surface area contributed by atoms with Gasteiger partial charge >= 0.3 is 0 Å². The molecule has 1 aliphatic heterocycles. The number of benzene rings is 1. The summed E-state index contributed by atoms with van der Waals surface area (Å²) in [6.07, 6.45) is 2.29. The van der Waals surface area contributed by atoms with Crippen molar-refractivity contribution in [3.05, 3.63) is 48.3 Å². The average Bonchev–Trinajstić information content (AvgIpc) is 2.54. The van der Waals surface area contributed by atoms with Crippen LogP contribution in [0.5, 0.6) is 11.5 Å². The quantitative estimate of drug-likeness (QED) is 0.940. The summed E-state index contributed by atoms with van der Waals surface area (Å²) in [7, 11) is 0. The maximum Gasteiger partial charge on any atom is 0.138 e. The molecule has 2 heterocycles. The minimum atomic E-state index is -0.723. The van der Waals surface area contributed by atoms with Crippen LogP contribution in [0.3, 0.4) is 0 Å². The molecule has 21 heavy (non-hydrogen) atoms. The highest BCUT2D eigenvalue weighted by atomic mass is 32.2. The third-order valence-corrected chi connectivity index (χ3v) is 4.41. The summed E-state index contributed by atoms with van der Waals surface area (Å²) in [6.45, 7) is 2.49. The minimum absolute atomic E-state index is 0.288. The number of aromatic nitrogens is 1. The van der Waals surface area contributed by atoms with E-state index in [1.807, 2.05) is 37.3 Å². The van der Waals surface area contributed by atoms with Gasteiger partial charge in [-0.1, -0.05) is 12.1 Å². The van der Waals surface area contributed by atoms with Gasteiger partial charge in [-0.3, -0.25) is 4.98 Å². The van der Waals surface area contributed by atoms with E-state index in [4.69, 9.17) is 9.47 Å². The van der Waals surface area contributed by atoms with Crippen LogP contribution in [0.15, 0.2) is 47.6 Å². The van der Waals surface area contributed by atoms with E-state index in [1.165, 1.54) is 0 Å². The Morgan fingerprint density at radius 2 is 2.29 bits per heavy atom. The van der Waals surface area contributed by atoms with Gasteiger partial charge in [0.05, 0.1) is 12.8 Å². The van der Waals surface area contributed by atoms with E-state index in [9.17, 15) is 5.11 Å². The van der Waals surface area contributed by atoms with Crippen molar-refractivity contribution in [2.45, 2.75) is 24.0 Å². The normalized spacial score (nSPS) is 18.5. The fraction of sp³-hybridized carbons (Fsp3) is 0.312. The zero-order valence-electron chi connectivity index (χ0n) is 11.7. The van der Waals surface area contributed by atoms with Crippen LogP contribution in [0, 0.1) is 0 Å². The predicted molar refractivity (Wildman–Crippen MR) is 81.9 cm³/mol. The second-order valence-corrected chi connectivity index (χ2v) is 5.81. The molecule has 0 bridgehead atoms. The summed E-state index contributed by atoms with van der Waals surface area (Å²) in [6, 6.07) is 9.69. The van der Waals surface area contributed by atoms with Gasteiger partial charge in [-0.2, -0.15) is 0 Å².